The SMILES string of the molecule is O=C(Nc1cn[nH]c(=O)c1)c1cc(Cl)c(C(F)(F)F)cc1Oc1ccc(F)cc1Br. The summed E-state index contributed by atoms with van der Waals surface area (Å²) in [6.45, 7) is 0. The Bertz CT molecular complexity index is 1180. The molecule has 3 rings (SSSR count). The maximum absolute atomic E-state index is 13.3. The van der Waals surface area contributed by atoms with Crippen molar-refractivity contribution in [2.75, 3.05) is 5.32 Å². The predicted molar refractivity (Wildman–Crippen MR) is 103 cm³/mol. The number of ether oxygens (including phenoxy) is 1. The van der Waals surface area contributed by atoms with Crippen LogP contribution in [0.4, 0.5) is 23.2 Å². The molecule has 2 N–H and O–H groups in total. The van der Waals surface area contributed by atoms with Crippen LogP contribution < -0.4 is 15.6 Å². The molecular formula is C18H9BrClF4N3O3. The van der Waals surface area contributed by atoms with Gasteiger partial charge in [0.05, 0.1) is 32.5 Å². The van der Waals surface area contributed by atoms with E-state index in [0.717, 1.165) is 30.5 Å². The number of anilines is 1. The maximum Gasteiger partial charge on any atom is 0.417 e. The van der Waals surface area contributed by atoms with Gasteiger partial charge in [0.1, 0.15) is 17.3 Å². The van der Waals surface area contributed by atoms with Gasteiger partial charge in [-0.1, -0.05) is 11.6 Å². The summed E-state index contributed by atoms with van der Waals surface area (Å²) >= 11 is 8.77. The van der Waals surface area contributed by atoms with Gasteiger partial charge in [0.25, 0.3) is 11.5 Å². The van der Waals surface area contributed by atoms with E-state index in [-0.39, 0.29) is 21.5 Å². The quantitative estimate of drug-likeness (QED) is 0.465. The summed E-state index contributed by atoms with van der Waals surface area (Å²) < 4.78 is 58.7. The molecule has 0 aliphatic carbocycles. The van der Waals surface area contributed by atoms with Gasteiger partial charge in [-0.2, -0.15) is 18.3 Å². The number of amides is 1. The Morgan fingerprint density at radius 1 is 1.17 bits per heavy atom. The number of nitrogens with zero attached hydrogens (tertiary/aromatic N) is 1. The van der Waals surface area contributed by atoms with Crippen molar-refractivity contribution < 1.29 is 27.1 Å². The summed E-state index contributed by atoms with van der Waals surface area (Å²) in [6.07, 6.45) is -3.69. The third-order valence-corrected chi connectivity index (χ3v) is 4.59. The monoisotopic (exact) mass is 505 g/mol. The summed E-state index contributed by atoms with van der Waals surface area (Å²) in [7, 11) is 0. The first kappa shape index (κ1) is 21.8. The zero-order valence-corrected chi connectivity index (χ0v) is 16.8. The fourth-order valence-electron chi connectivity index (χ4n) is 2.35. The van der Waals surface area contributed by atoms with Crippen molar-refractivity contribution in [3.63, 3.8) is 0 Å². The molecule has 0 saturated heterocycles. The number of benzene rings is 2. The Kier molecular flexibility index (Phi) is 6.13. The number of carbonyl (C=O) groups excluding carboxylic acids is 1. The minimum atomic E-state index is -4.82. The second-order valence-electron chi connectivity index (χ2n) is 5.79. The Morgan fingerprint density at radius 2 is 1.90 bits per heavy atom. The topological polar surface area (TPSA) is 84.1 Å². The molecule has 0 atom stereocenters. The van der Waals surface area contributed by atoms with Crippen LogP contribution in [-0.4, -0.2) is 16.1 Å². The highest BCUT2D eigenvalue weighted by Gasteiger charge is 2.35. The summed E-state index contributed by atoms with van der Waals surface area (Å²) in [5.41, 5.74) is -2.20. The van der Waals surface area contributed by atoms with Gasteiger partial charge in [-0.05, 0) is 46.3 Å². The molecule has 12 heteroatoms. The van der Waals surface area contributed by atoms with Crippen LogP contribution >= 0.6 is 27.5 Å². The molecule has 0 bridgehead atoms. The second kappa shape index (κ2) is 8.44. The van der Waals surface area contributed by atoms with Crippen LogP contribution in [-0.2, 0) is 6.18 Å². The molecule has 156 valence electrons. The number of aromatic amines is 1. The number of carbonyl (C=O) groups is 1. The van der Waals surface area contributed by atoms with Crippen LogP contribution in [0.3, 0.4) is 0 Å². The number of hydrogen-bond donors (Lipinski definition) is 2. The highest BCUT2D eigenvalue weighted by atomic mass is 79.9. The van der Waals surface area contributed by atoms with E-state index in [1.165, 1.54) is 6.07 Å². The van der Waals surface area contributed by atoms with Gasteiger partial charge in [0.15, 0.2) is 0 Å². The Morgan fingerprint density at radius 3 is 2.53 bits per heavy atom. The van der Waals surface area contributed by atoms with Crippen LogP contribution in [0.5, 0.6) is 11.5 Å². The lowest BCUT2D eigenvalue weighted by Gasteiger charge is -2.16. The summed E-state index contributed by atoms with van der Waals surface area (Å²) in [6, 6.07) is 5.60. The number of halogens is 6. The van der Waals surface area contributed by atoms with E-state index in [1.54, 1.807) is 0 Å². The standard InChI is InChI=1S/C18H9BrClF4N3O3/c19-12-3-8(21)1-2-14(12)30-15-6-11(18(22,23)24)13(20)5-10(15)17(29)26-9-4-16(28)27-25-7-9/h1-7H,(H2,26,27,28,29). The Balaban J connectivity index is 2.07. The van der Waals surface area contributed by atoms with Gasteiger partial charge in [-0.3, -0.25) is 9.59 Å². The molecule has 30 heavy (non-hydrogen) atoms. The Labute approximate surface area is 179 Å². The third-order valence-electron chi connectivity index (χ3n) is 3.66. The van der Waals surface area contributed by atoms with E-state index >= 15 is 0 Å². The van der Waals surface area contributed by atoms with E-state index in [4.69, 9.17) is 16.3 Å². The average molecular weight is 507 g/mol. The van der Waals surface area contributed by atoms with Crippen LogP contribution in [0.25, 0.3) is 0 Å². The molecule has 3 aromatic rings. The third kappa shape index (κ3) is 4.97. The summed E-state index contributed by atoms with van der Waals surface area (Å²) in [5.74, 6) is -2.06. The van der Waals surface area contributed by atoms with Crippen molar-refractivity contribution in [3.8, 4) is 11.5 Å². The molecule has 1 heterocycles. The second-order valence-corrected chi connectivity index (χ2v) is 7.05. The van der Waals surface area contributed by atoms with Gasteiger partial charge < -0.3 is 10.1 Å². The van der Waals surface area contributed by atoms with E-state index in [2.05, 4.69) is 31.4 Å². The first-order valence-electron chi connectivity index (χ1n) is 7.94. The number of nitrogens with one attached hydrogen (secondary N) is 2. The predicted octanol–water partition coefficient (Wildman–Crippen LogP) is 5.39. The molecule has 0 aliphatic rings. The fraction of sp³-hybridized carbons (Fsp3) is 0.0556. The van der Waals surface area contributed by atoms with Crippen molar-refractivity contribution in [1.29, 1.82) is 0 Å². The van der Waals surface area contributed by atoms with Crippen molar-refractivity contribution in [1.82, 2.24) is 10.2 Å². The van der Waals surface area contributed by atoms with Gasteiger partial charge in [-0.15, -0.1) is 0 Å². The lowest BCUT2D eigenvalue weighted by Crippen LogP contribution is -2.17. The number of H-pyrrole nitrogens is 1. The largest absolute Gasteiger partial charge is 0.455 e. The molecule has 0 unspecified atom stereocenters. The molecule has 1 aromatic heterocycles. The molecule has 0 spiro atoms. The van der Waals surface area contributed by atoms with E-state index in [1.807, 2.05) is 0 Å². The molecule has 6 nitrogen and oxygen atoms in total. The van der Waals surface area contributed by atoms with Crippen molar-refractivity contribution in [2.45, 2.75) is 6.18 Å². The lowest BCUT2D eigenvalue weighted by atomic mass is 10.1. The first-order chi connectivity index (χ1) is 14.0. The van der Waals surface area contributed by atoms with Crippen molar-refractivity contribution in [2.24, 2.45) is 0 Å². The van der Waals surface area contributed by atoms with Gasteiger partial charge >= 0.3 is 6.18 Å². The zero-order chi connectivity index (χ0) is 22.1. The Hall–Kier alpha value is -2.92. The molecule has 0 aliphatic heterocycles. The van der Waals surface area contributed by atoms with E-state index in [0.29, 0.717) is 6.07 Å². The molecule has 1 amide bonds. The maximum atomic E-state index is 13.3. The van der Waals surface area contributed by atoms with Crippen molar-refractivity contribution >= 4 is 39.1 Å². The van der Waals surface area contributed by atoms with Crippen LogP contribution in [0, 0.1) is 5.82 Å². The number of hydrogen-bond acceptors (Lipinski definition) is 4. The summed E-state index contributed by atoms with van der Waals surface area (Å²) in [4.78, 5) is 24.0. The molecule has 0 radical (unpaired) electrons. The minimum absolute atomic E-state index is 0.00585. The highest BCUT2D eigenvalue weighted by Crippen LogP contribution is 2.41. The molecule has 2 aromatic carbocycles. The van der Waals surface area contributed by atoms with Gasteiger partial charge in [0.2, 0.25) is 0 Å². The summed E-state index contributed by atoms with van der Waals surface area (Å²) in [5, 5.41) is 7.20. The fourth-order valence-corrected chi connectivity index (χ4v) is 3.05. The van der Waals surface area contributed by atoms with Crippen molar-refractivity contribution in [3.05, 3.63) is 79.4 Å². The van der Waals surface area contributed by atoms with E-state index in [9.17, 15) is 27.2 Å². The van der Waals surface area contributed by atoms with E-state index < -0.39 is 39.8 Å². The molecule has 0 fully saturated rings. The normalized spacial score (nSPS) is 11.3. The van der Waals surface area contributed by atoms with Crippen LogP contribution in [0.1, 0.15) is 15.9 Å². The average Bonchev–Trinajstić information content (AvgIpc) is 2.64. The zero-order valence-electron chi connectivity index (χ0n) is 14.5. The lowest BCUT2D eigenvalue weighted by molar-refractivity contribution is -0.137. The molecular weight excluding hydrogens is 498 g/mol. The first-order valence-corrected chi connectivity index (χ1v) is 9.11. The van der Waals surface area contributed by atoms with Crippen LogP contribution in [0.15, 0.2) is 51.9 Å². The number of alkyl halides is 3. The number of rotatable bonds is 4. The number of aromatic nitrogens is 2. The van der Waals surface area contributed by atoms with Crippen LogP contribution in [0.2, 0.25) is 5.02 Å². The van der Waals surface area contributed by atoms with Gasteiger partial charge in [0, 0.05) is 6.07 Å². The highest BCUT2D eigenvalue weighted by molar-refractivity contribution is 9.10. The minimum Gasteiger partial charge on any atom is -0.455 e. The smallest absolute Gasteiger partial charge is 0.417 e. The molecule has 0 saturated carbocycles. The van der Waals surface area contributed by atoms with Gasteiger partial charge in [-0.25, -0.2) is 9.49 Å².